The van der Waals surface area contributed by atoms with Crippen molar-refractivity contribution in [1.82, 2.24) is 15.2 Å². The van der Waals surface area contributed by atoms with E-state index in [4.69, 9.17) is 0 Å². The molecule has 0 radical (unpaired) electrons. The molecule has 1 atom stereocenters. The van der Waals surface area contributed by atoms with E-state index < -0.39 is 6.10 Å². The Bertz CT molecular complexity index is 1090. The van der Waals surface area contributed by atoms with Crippen molar-refractivity contribution < 1.29 is 19.1 Å². The van der Waals surface area contributed by atoms with Crippen molar-refractivity contribution in [3.8, 4) is 0 Å². The fourth-order valence-corrected chi connectivity index (χ4v) is 3.54. The van der Waals surface area contributed by atoms with Crippen molar-refractivity contribution in [3.05, 3.63) is 95.4 Å². The van der Waals surface area contributed by atoms with Crippen LogP contribution in [0.15, 0.2) is 72.9 Å². The maximum atomic E-state index is 13.1. The first-order valence-corrected chi connectivity index (χ1v) is 10.3. The average molecular weight is 434 g/mol. The number of aromatic nitrogens is 1. The Kier molecular flexibility index (Phi) is 6.42. The molecule has 1 aliphatic rings. The summed E-state index contributed by atoms with van der Waals surface area (Å²) in [5, 5.41) is 12.9. The third-order valence-corrected chi connectivity index (χ3v) is 5.31. The van der Waals surface area contributed by atoms with Crippen LogP contribution in [0.25, 0.3) is 0 Å². The van der Waals surface area contributed by atoms with Crippen LogP contribution >= 0.6 is 0 Å². The molecule has 0 unspecified atom stereocenters. The van der Waals surface area contributed by atoms with Crippen molar-refractivity contribution in [2.75, 3.05) is 24.5 Å². The molecular formula is C24H23FN4O3. The average Bonchev–Trinajstić information content (AvgIpc) is 3.19. The van der Waals surface area contributed by atoms with Gasteiger partial charge in [0.25, 0.3) is 5.91 Å². The number of anilines is 1. The number of halogens is 1. The molecule has 3 aromatic rings. The van der Waals surface area contributed by atoms with Gasteiger partial charge in [0.2, 0.25) is 0 Å². The standard InChI is InChI=1S/C24H23FN4O3/c25-20-8-6-17(7-9-20)16-28-12-13-29(24(28)32)22-14-19(10-11-26-22)23(31)27-15-21(30)18-4-2-1-3-5-18/h1-11,14,21,30H,12-13,15-16H2,(H,27,31)/t21-/m0/s1. The minimum Gasteiger partial charge on any atom is -0.387 e. The summed E-state index contributed by atoms with van der Waals surface area (Å²) in [7, 11) is 0. The summed E-state index contributed by atoms with van der Waals surface area (Å²) in [6.07, 6.45) is 0.662. The van der Waals surface area contributed by atoms with Gasteiger partial charge in [0.15, 0.2) is 0 Å². The monoisotopic (exact) mass is 434 g/mol. The highest BCUT2D eigenvalue weighted by atomic mass is 19.1. The van der Waals surface area contributed by atoms with Crippen molar-refractivity contribution in [3.63, 3.8) is 0 Å². The Hall–Kier alpha value is -3.78. The molecule has 0 bridgehead atoms. The Morgan fingerprint density at radius 1 is 1.09 bits per heavy atom. The van der Waals surface area contributed by atoms with Gasteiger partial charge in [-0.05, 0) is 35.4 Å². The summed E-state index contributed by atoms with van der Waals surface area (Å²) in [6, 6.07) is 18.0. The molecule has 0 aliphatic carbocycles. The second-order valence-electron chi connectivity index (χ2n) is 7.52. The third-order valence-electron chi connectivity index (χ3n) is 5.31. The van der Waals surface area contributed by atoms with Gasteiger partial charge in [0.1, 0.15) is 11.6 Å². The van der Waals surface area contributed by atoms with E-state index in [0.29, 0.717) is 36.6 Å². The van der Waals surface area contributed by atoms with E-state index >= 15 is 0 Å². The normalized spacial score (nSPS) is 14.5. The zero-order valence-corrected chi connectivity index (χ0v) is 17.3. The number of hydrogen-bond donors (Lipinski definition) is 2. The number of nitrogens with one attached hydrogen (secondary N) is 1. The summed E-state index contributed by atoms with van der Waals surface area (Å²) in [6.45, 7) is 1.37. The molecule has 0 saturated carbocycles. The number of aliphatic hydroxyl groups excluding tert-OH is 1. The van der Waals surface area contributed by atoms with Crippen molar-refractivity contribution >= 4 is 17.8 Å². The number of hydrogen-bond acceptors (Lipinski definition) is 4. The minimum absolute atomic E-state index is 0.0641. The van der Waals surface area contributed by atoms with E-state index in [2.05, 4.69) is 10.3 Å². The summed E-state index contributed by atoms with van der Waals surface area (Å²) in [5.74, 6) is -0.301. The van der Waals surface area contributed by atoms with Gasteiger partial charge in [-0.2, -0.15) is 0 Å². The Morgan fingerprint density at radius 3 is 2.59 bits per heavy atom. The molecular weight excluding hydrogens is 411 g/mol. The van der Waals surface area contributed by atoms with Crippen LogP contribution in [-0.4, -0.2) is 46.6 Å². The molecule has 1 aliphatic heterocycles. The highest BCUT2D eigenvalue weighted by molar-refractivity contribution is 5.97. The molecule has 2 N–H and O–H groups in total. The fraction of sp³-hybridized carbons (Fsp3) is 0.208. The van der Waals surface area contributed by atoms with Crippen molar-refractivity contribution in [1.29, 1.82) is 0 Å². The highest BCUT2D eigenvalue weighted by Crippen LogP contribution is 2.21. The van der Waals surface area contributed by atoms with Crippen LogP contribution in [0.5, 0.6) is 0 Å². The van der Waals surface area contributed by atoms with Gasteiger partial charge in [0, 0.05) is 37.9 Å². The van der Waals surface area contributed by atoms with Crippen molar-refractivity contribution in [2.45, 2.75) is 12.6 Å². The number of carbonyl (C=O) groups excluding carboxylic acids is 2. The van der Waals surface area contributed by atoms with Crippen LogP contribution < -0.4 is 10.2 Å². The molecule has 164 valence electrons. The maximum Gasteiger partial charge on any atom is 0.326 e. The molecule has 8 heteroatoms. The Labute approximate surface area is 185 Å². The van der Waals surface area contributed by atoms with Crippen LogP contribution in [0.1, 0.15) is 27.6 Å². The lowest BCUT2D eigenvalue weighted by molar-refractivity contribution is 0.0916. The zero-order chi connectivity index (χ0) is 22.5. The predicted octanol–water partition coefficient (Wildman–Crippen LogP) is 3.13. The van der Waals surface area contributed by atoms with E-state index in [1.54, 1.807) is 41.3 Å². The van der Waals surface area contributed by atoms with E-state index in [0.717, 1.165) is 5.56 Å². The predicted molar refractivity (Wildman–Crippen MR) is 118 cm³/mol. The molecule has 1 saturated heterocycles. The lowest BCUT2D eigenvalue weighted by atomic mass is 10.1. The largest absolute Gasteiger partial charge is 0.387 e. The SMILES string of the molecule is O=C(NC[C@H](O)c1ccccc1)c1ccnc(N2CCN(Cc3ccc(F)cc3)C2=O)c1. The lowest BCUT2D eigenvalue weighted by Crippen LogP contribution is -2.32. The maximum absolute atomic E-state index is 13.1. The number of benzene rings is 2. The van der Waals surface area contributed by atoms with Gasteiger partial charge in [-0.1, -0.05) is 42.5 Å². The molecule has 3 amide bonds. The first-order valence-electron chi connectivity index (χ1n) is 10.3. The van der Waals surface area contributed by atoms with Gasteiger partial charge in [-0.15, -0.1) is 0 Å². The summed E-state index contributed by atoms with van der Waals surface area (Å²) >= 11 is 0. The minimum atomic E-state index is -0.818. The molecule has 2 heterocycles. The van der Waals surface area contributed by atoms with E-state index in [9.17, 15) is 19.1 Å². The Morgan fingerprint density at radius 2 is 1.84 bits per heavy atom. The molecule has 4 rings (SSSR count). The van der Waals surface area contributed by atoms with Gasteiger partial charge in [-0.25, -0.2) is 14.2 Å². The van der Waals surface area contributed by atoms with Crippen LogP contribution in [0, 0.1) is 5.82 Å². The molecule has 1 fully saturated rings. The van der Waals surface area contributed by atoms with E-state index in [1.807, 2.05) is 18.2 Å². The van der Waals surface area contributed by atoms with Crippen molar-refractivity contribution in [2.24, 2.45) is 0 Å². The first kappa shape index (κ1) is 21.5. The third kappa shape index (κ3) is 4.92. The highest BCUT2D eigenvalue weighted by Gasteiger charge is 2.30. The molecule has 7 nitrogen and oxygen atoms in total. The fourth-order valence-electron chi connectivity index (χ4n) is 3.54. The number of amides is 3. The number of rotatable bonds is 7. The molecule has 32 heavy (non-hydrogen) atoms. The quantitative estimate of drug-likeness (QED) is 0.598. The van der Waals surface area contributed by atoms with Crippen LogP contribution in [0.4, 0.5) is 15.0 Å². The van der Waals surface area contributed by atoms with E-state index in [1.165, 1.54) is 23.2 Å². The van der Waals surface area contributed by atoms with Crippen LogP contribution in [-0.2, 0) is 6.54 Å². The second kappa shape index (κ2) is 9.57. The van der Waals surface area contributed by atoms with Gasteiger partial charge >= 0.3 is 6.03 Å². The van der Waals surface area contributed by atoms with Gasteiger partial charge < -0.3 is 15.3 Å². The summed E-state index contributed by atoms with van der Waals surface area (Å²) < 4.78 is 13.1. The van der Waals surface area contributed by atoms with Crippen LogP contribution in [0.3, 0.4) is 0 Å². The van der Waals surface area contributed by atoms with Crippen LogP contribution in [0.2, 0.25) is 0 Å². The molecule has 2 aromatic carbocycles. The van der Waals surface area contributed by atoms with Gasteiger partial charge in [0.05, 0.1) is 6.10 Å². The number of nitrogens with zero attached hydrogens (tertiary/aromatic N) is 3. The lowest BCUT2D eigenvalue weighted by Gasteiger charge is -2.18. The second-order valence-corrected chi connectivity index (χ2v) is 7.52. The number of aliphatic hydroxyl groups is 1. The zero-order valence-electron chi connectivity index (χ0n) is 17.3. The Balaban J connectivity index is 1.38. The molecule has 0 spiro atoms. The number of pyridine rings is 1. The number of carbonyl (C=O) groups is 2. The summed E-state index contributed by atoms with van der Waals surface area (Å²) in [4.78, 5) is 32.8. The van der Waals surface area contributed by atoms with Gasteiger partial charge in [-0.3, -0.25) is 9.69 Å². The molecule has 1 aromatic heterocycles. The topological polar surface area (TPSA) is 85.8 Å². The smallest absolute Gasteiger partial charge is 0.326 e. The number of urea groups is 1. The summed E-state index contributed by atoms with van der Waals surface area (Å²) in [5.41, 5.74) is 1.90. The van der Waals surface area contributed by atoms with E-state index in [-0.39, 0.29) is 24.3 Å². The first-order chi connectivity index (χ1) is 15.5.